The monoisotopic (exact) mass is 582 g/mol. The van der Waals surface area contributed by atoms with Gasteiger partial charge in [-0.3, -0.25) is 4.79 Å². The second kappa shape index (κ2) is 12.5. The molecule has 42 heavy (non-hydrogen) atoms. The molecule has 0 fully saturated rings. The lowest BCUT2D eigenvalue weighted by atomic mass is 9.98. The average Bonchev–Trinajstić information content (AvgIpc) is 2.95. The predicted octanol–water partition coefficient (Wildman–Crippen LogP) is 5.56. The van der Waals surface area contributed by atoms with Crippen LogP contribution in [0.25, 0.3) is 22.0 Å². The Balaban J connectivity index is 1.77. The molecule has 1 heterocycles. The number of halogens is 3. The van der Waals surface area contributed by atoms with Crippen LogP contribution in [0, 0.1) is 0 Å². The molecule has 0 aliphatic heterocycles. The molecule has 0 aliphatic carbocycles. The summed E-state index contributed by atoms with van der Waals surface area (Å²) in [6, 6.07) is 12.1. The number of methoxy groups -OCH3 is 2. The van der Waals surface area contributed by atoms with E-state index in [0.717, 1.165) is 30.5 Å². The maximum atomic E-state index is 13.8. The zero-order valence-electron chi connectivity index (χ0n) is 24.0. The molecule has 1 amide bonds. The van der Waals surface area contributed by atoms with E-state index in [1.54, 1.807) is 37.5 Å². The van der Waals surface area contributed by atoms with Crippen LogP contribution in [0.1, 0.15) is 22.3 Å². The first-order valence-corrected chi connectivity index (χ1v) is 13.1. The van der Waals surface area contributed by atoms with Gasteiger partial charge in [-0.2, -0.15) is 13.2 Å². The van der Waals surface area contributed by atoms with Gasteiger partial charge in [-0.15, -0.1) is 0 Å². The minimum Gasteiger partial charge on any atom is -0.496 e. The van der Waals surface area contributed by atoms with Gasteiger partial charge in [0.05, 0.1) is 36.7 Å². The highest BCUT2D eigenvalue weighted by Gasteiger charge is 2.32. The number of benzene rings is 3. The lowest BCUT2D eigenvalue weighted by molar-refractivity contribution is -0.137. The Morgan fingerprint density at radius 3 is 2.43 bits per heavy atom. The average molecular weight is 583 g/mol. The summed E-state index contributed by atoms with van der Waals surface area (Å²) in [5.74, 6) is -0.161. The number of carbonyl (C=O) groups is 1. The van der Waals surface area contributed by atoms with E-state index in [2.05, 4.69) is 15.3 Å². The van der Waals surface area contributed by atoms with Gasteiger partial charge in [0.25, 0.3) is 5.91 Å². The van der Waals surface area contributed by atoms with Crippen LogP contribution in [-0.2, 0) is 6.18 Å². The van der Waals surface area contributed by atoms with Crippen molar-refractivity contribution in [3.8, 4) is 22.6 Å². The van der Waals surface area contributed by atoms with Crippen LogP contribution in [-0.4, -0.2) is 69.2 Å². The van der Waals surface area contributed by atoms with Crippen molar-refractivity contribution < 1.29 is 27.4 Å². The van der Waals surface area contributed by atoms with Crippen LogP contribution in [0.3, 0.4) is 0 Å². The SMILES string of the molecule is COc1ccc(-c2ccc3nc(N)ncc3c2)c(OC)c1C(=O)Nc1cc(C(F)(F)F)ccc1N(C)CCCN(C)C. The van der Waals surface area contributed by atoms with Crippen LogP contribution in [0.4, 0.5) is 30.5 Å². The number of rotatable bonds is 10. The Labute approximate surface area is 242 Å². The van der Waals surface area contributed by atoms with Gasteiger partial charge in [-0.1, -0.05) is 6.07 Å². The van der Waals surface area contributed by atoms with Gasteiger partial charge in [0.1, 0.15) is 17.1 Å². The Morgan fingerprint density at radius 1 is 1.00 bits per heavy atom. The topological polar surface area (TPSA) is 106 Å². The van der Waals surface area contributed by atoms with E-state index in [-0.39, 0.29) is 28.7 Å². The molecular formula is C30H33F3N6O3. The molecule has 0 unspecified atom stereocenters. The maximum absolute atomic E-state index is 13.8. The van der Waals surface area contributed by atoms with E-state index in [1.165, 1.54) is 20.3 Å². The Morgan fingerprint density at radius 2 is 1.76 bits per heavy atom. The van der Waals surface area contributed by atoms with Crippen LogP contribution < -0.4 is 25.4 Å². The third kappa shape index (κ3) is 6.65. The van der Waals surface area contributed by atoms with E-state index in [9.17, 15) is 18.0 Å². The number of fused-ring (bicyclic) bond motifs is 1. The molecule has 3 aromatic carbocycles. The fourth-order valence-electron chi connectivity index (χ4n) is 4.68. The van der Waals surface area contributed by atoms with Crippen molar-refractivity contribution in [3.05, 3.63) is 65.9 Å². The van der Waals surface area contributed by atoms with Gasteiger partial charge in [-0.05, 0) is 75.1 Å². The first-order chi connectivity index (χ1) is 19.9. The second-order valence-electron chi connectivity index (χ2n) is 9.99. The van der Waals surface area contributed by atoms with Crippen molar-refractivity contribution in [2.24, 2.45) is 0 Å². The lowest BCUT2D eigenvalue weighted by Crippen LogP contribution is -2.25. The molecule has 4 rings (SSSR count). The molecule has 0 bridgehead atoms. The fraction of sp³-hybridized carbons (Fsp3) is 0.300. The number of hydrogen-bond acceptors (Lipinski definition) is 8. The third-order valence-electron chi connectivity index (χ3n) is 6.76. The summed E-state index contributed by atoms with van der Waals surface area (Å²) < 4.78 is 52.2. The third-order valence-corrected chi connectivity index (χ3v) is 6.76. The number of ether oxygens (including phenoxy) is 2. The first-order valence-electron chi connectivity index (χ1n) is 13.1. The number of hydrogen-bond donors (Lipinski definition) is 2. The van der Waals surface area contributed by atoms with Gasteiger partial charge >= 0.3 is 6.18 Å². The van der Waals surface area contributed by atoms with Gasteiger partial charge in [0, 0.05) is 30.7 Å². The van der Waals surface area contributed by atoms with E-state index >= 15 is 0 Å². The lowest BCUT2D eigenvalue weighted by Gasteiger charge is -2.25. The molecular weight excluding hydrogens is 549 g/mol. The van der Waals surface area contributed by atoms with Crippen LogP contribution >= 0.6 is 0 Å². The fourth-order valence-corrected chi connectivity index (χ4v) is 4.68. The quantitative estimate of drug-likeness (QED) is 0.251. The number of nitrogen functional groups attached to an aromatic ring is 1. The molecule has 9 nitrogen and oxygen atoms in total. The van der Waals surface area contributed by atoms with Crippen molar-refractivity contribution in [1.82, 2.24) is 14.9 Å². The zero-order chi connectivity index (χ0) is 30.6. The number of carbonyl (C=O) groups excluding carboxylic acids is 1. The summed E-state index contributed by atoms with van der Waals surface area (Å²) in [4.78, 5) is 25.9. The number of anilines is 3. The second-order valence-corrected chi connectivity index (χ2v) is 9.99. The summed E-state index contributed by atoms with van der Waals surface area (Å²) in [5, 5.41) is 3.42. The highest BCUT2D eigenvalue weighted by molar-refractivity contribution is 6.11. The van der Waals surface area contributed by atoms with Crippen molar-refractivity contribution in [3.63, 3.8) is 0 Å². The summed E-state index contributed by atoms with van der Waals surface area (Å²) in [7, 11) is 8.47. The van der Waals surface area contributed by atoms with Crippen LogP contribution in [0.5, 0.6) is 11.5 Å². The summed E-state index contributed by atoms with van der Waals surface area (Å²) in [6.07, 6.45) is -2.23. The molecule has 4 aromatic rings. The van der Waals surface area contributed by atoms with E-state index < -0.39 is 17.6 Å². The molecule has 0 aliphatic rings. The molecule has 0 spiro atoms. The largest absolute Gasteiger partial charge is 0.496 e. The van der Waals surface area contributed by atoms with Crippen molar-refractivity contribution in [1.29, 1.82) is 0 Å². The molecule has 0 radical (unpaired) electrons. The number of nitrogens with zero attached hydrogens (tertiary/aromatic N) is 4. The summed E-state index contributed by atoms with van der Waals surface area (Å²) >= 11 is 0. The Hall–Kier alpha value is -4.58. The van der Waals surface area contributed by atoms with Crippen molar-refractivity contribution in [2.45, 2.75) is 12.6 Å². The Bertz CT molecular complexity index is 1590. The van der Waals surface area contributed by atoms with Crippen molar-refractivity contribution in [2.75, 3.05) is 64.4 Å². The summed E-state index contributed by atoms with van der Waals surface area (Å²) in [5.41, 5.74) is 7.21. The summed E-state index contributed by atoms with van der Waals surface area (Å²) in [6.45, 7) is 1.36. The zero-order valence-corrected chi connectivity index (χ0v) is 24.0. The molecule has 0 atom stereocenters. The maximum Gasteiger partial charge on any atom is 0.416 e. The minimum atomic E-state index is -4.60. The van der Waals surface area contributed by atoms with Crippen LogP contribution in [0.2, 0.25) is 0 Å². The number of nitrogens with two attached hydrogens (primary N) is 1. The van der Waals surface area contributed by atoms with Gasteiger partial charge < -0.3 is 30.3 Å². The highest BCUT2D eigenvalue weighted by Crippen LogP contribution is 2.41. The van der Waals surface area contributed by atoms with E-state index in [4.69, 9.17) is 15.2 Å². The van der Waals surface area contributed by atoms with Gasteiger partial charge in [-0.25, -0.2) is 9.97 Å². The normalized spacial score (nSPS) is 11.5. The molecule has 1 aromatic heterocycles. The number of amides is 1. The predicted molar refractivity (Wildman–Crippen MR) is 158 cm³/mol. The van der Waals surface area contributed by atoms with Gasteiger partial charge in [0.15, 0.2) is 0 Å². The van der Waals surface area contributed by atoms with E-state index in [0.29, 0.717) is 28.9 Å². The van der Waals surface area contributed by atoms with E-state index in [1.807, 2.05) is 30.0 Å². The smallest absolute Gasteiger partial charge is 0.416 e. The van der Waals surface area contributed by atoms with Crippen LogP contribution in [0.15, 0.2) is 54.7 Å². The molecule has 0 saturated carbocycles. The van der Waals surface area contributed by atoms with Crippen molar-refractivity contribution >= 4 is 34.1 Å². The molecule has 0 saturated heterocycles. The first kappa shape index (κ1) is 30.4. The Kier molecular flexibility index (Phi) is 9.05. The molecule has 3 N–H and O–H groups in total. The number of alkyl halides is 3. The molecule has 12 heteroatoms. The standard InChI is InChI=1S/C30H33F3N6O3/c1-38(2)13-6-14-39(3)24-11-8-20(30(31,32)33)16-23(24)36-28(40)26-25(41-4)12-9-21(27(26)42-5)18-7-10-22-19(15-18)17-35-29(34)37-22/h7-12,15-17H,6,13-14H2,1-5H3,(H,36,40)(H2,34,35,37). The highest BCUT2D eigenvalue weighted by atomic mass is 19.4. The number of aromatic nitrogens is 2. The molecule has 222 valence electrons. The van der Waals surface area contributed by atoms with Gasteiger partial charge in [0.2, 0.25) is 5.95 Å². The minimum absolute atomic E-state index is 0.0112. The number of nitrogens with one attached hydrogen (secondary N) is 1.